The Bertz CT molecular complexity index is 912. The number of carbonyl (C=O) groups excluding carboxylic acids is 3. The fraction of sp³-hybridized carbons (Fsp3) is 0.583. The second-order valence-electron chi connectivity index (χ2n) is 10.3. The van der Waals surface area contributed by atoms with E-state index in [2.05, 4.69) is 22.1 Å². The number of imide groups is 1. The van der Waals surface area contributed by atoms with Gasteiger partial charge in [0.1, 0.15) is 16.8 Å². The summed E-state index contributed by atoms with van der Waals surface area (Å²) in [5.41, 5.74) is -1.32. The highest BCUT2D eigenvalue weighted by molar-refractivity contribution is 6.10. The summed E-state index contributed by atoms with van der Waals surface area (Å²) in [5, 5.41) is 2.53. The van der Waals surface area contributed by atoms with E-state index in [0.717, 1.165) is 4.90 Å². The quantitative estimate of drug-likeness (QED) is 0.491. The minimum atomic E-state index is -0.905. The molecule has 9 heteroatoms. The third-order valence-electron chi connectivity index (χ3n) is 3.35. The molecule has 1 N–H and O–H groups in total. The smallest absolute Gasteiger partial charge is 0.424 e. The van der Waals surface area contributed by atoms with Crippen LogP contribution in [0.15, 0.2) is 12.3 Å². The molecule has 0 aliphatic carbocycles. The molecule has 0 unspecified atom stereocenters. The van der Waals surface area contributed by atoms with Gasteiger partial charge in [0.25, 0.3) is 0 Å². The molecule has 0 bridgehead atoms. The summed E-state index contributed by atoms with van der Waals surface area (Å²) < 4.78 is 16.0. The lowest BCUT2D eigenvalue weighted by atomic mass is 10.2. The molecular weight excluding hydrogens is 426 g/mol. The number of ether oxygens (including phenoxy) is 3. The number of hydrogen-bond donors (Lipinski definition) is 1. The number of hydrogen-bond acceptors (Lipinski definition) is 7. The van der Waals surface area contributed by atoms with Gasteiger partial charge >= 0.3 is 18.3 Å². The number of anilines is 1. The number of nitrogens with zero attached hydrogens (tertiary/aromatic N) is 2. The molecule has 1 aromatic rings. The van der Waals surface area contributed by atoms with Crippen LogP contribution in [0.3, 0.4) is 0 Å². The maximum absolute atomic E-state index is 13.0. The zero-order chi connectivity index (χ0) is 25.6. The third-order valence-corrected chi connectivity index (χ3v) is 3.35. The number of amides is 3. The first-order chi connectivity index (χ1) is 14.9. The summed E-state index contributed by atoms with van der Waals surface area (Å²) in [6.07, 6.45) is -0.981. The average molecular weight is 462 g/mol. The van der Waals surface area contributed by atoms with Crippen molar-refractivity contribution in [3.8, 4) is 11.8 Å². The molecule has 1 aromatic heterocycles. The van der Waals surface area contributed by atoms with E-state index < -0.39 is 35.1 Å². The van der Waals surface area contributed by atoms with E-state index >= 15 is 0 Å². The van der Waals surface area contributed by atoms with E-state index in [0.29, 0.717) is 5.69 Å². The second kappa shape index (κ2) is 10.6. The SMILES string of the molecule is Cc1cc(N(C(=O)OC(C)(C)C)C(=O)OC(C)(C)C)c(C#CCNC(=O)OC(C)(C)C)cn1. The van der Waals surface area contributed by atoms with Gasteiger partial charge in [0, 0.05) is 11.9 Å². The van der Waals surface area contributed by atoms with Crippen molar-refractivity contribution < 1.29 is 28.6 Å². The normalized spacial score (nSPS) is 11.6. The molecule has 182 valence electrons. The summed E-state index contributed by atoms with van der Waals surface area (Å²) in [7, 11) is 0. The van der Waals surface area contributed by atoms with Gasteiger partial charge in [0.2, 0.25) is 0 Å². The van der Waals surface area contributed by atoms with Crippen LogP contribution in [-0.4, -0.2) is 46.6 Å². The lowest BCUT2D eigenvalue weighted by molar-refractivity contribution is 0.0428. The number of alkyl carbamates (subject to hydrolysis) is 1. The molecule has 0 aromatic carbocycles. The van der Waals surface area contributed by atoms with Crippen LogP contribution in [0, 0.1) is 18.8 Å². The Morgan fingerprint density at radius 3 is 1.85 bits per heavy atom. The minimum absolute atomic E-state index is 0.0128. The van der Waals surface area contributed by atoms with E-state index in [1.165, 1.54) is 6.20 Å². The molecule has 0 aliphatic rings. The van der Waals surface area contributed by atoms with E-state index in [-0.39, 0.29) is 17.8 Å². The van der Waals surface area contributed by atoms with Gasteiger partial charge in [-0.3, -0.25) is 4.98 Å². The van der Waals surface area contributed by atoms with E-state index in [9.17, 15) is 14.4 Å². The summed E-state index contributed by atoms with van der Waals surface area (Å²) in [6.45, 7) is 17.1. The van der Waals surface area contributed by atoms with Crippen LogP contribution in [0.5, 0.6) is 0 Å². The summed E-state index contributed by atoms with van der Waals surface area (Å²) >= 11 is 0. The topological polar surface area (TPSA) is 107 Å². The molecule has 1 rings (SSSR count). The van der Waals surface area contributed by atoms with Crippen molar-refractivity contribution in [2.24, 2.45) is 0 Å². The fourth-order valence-corrected chi connectivity index (χ4v) is 2.28. The lowest BCUT2D eigenvalue weighted by Gasteiger charge is -2.29. The van der Waals surface area contributed by atoms with Crippen LogP contribution >= 0.6 is 0 Å². The molecule has 0 spiro atoms. The van der Waals surface area contributed by atoms with Crippen molar-refractivity contribution in [3.63, 3.8) is 0 Å². The Balaban J connectivity index is 3.29. The first-order valence-corrected chi connectivity index (χ1v) is 10.6. The summed E-state index contributed by atoms with van der Waals surface area (Å²) in [6, 6.07) is 1.54. The van der Waals surface area contributed by atoms with Crippen molar-refractivity contribution in [3.05, 3.63) is 23.5 Å². The minimum Gasteiger partial charge on any atom is -0.444 e. The Morgan fingerprint density at radius 1 is 0.909 bits per heavy atom. The predicted octanol–water partition coefficient (Wildman–Crippen LogP) is 4.94. The third kappa shape index (κ3) is 10.7. The number of aromatic nitrogens is 1. The van der Waals surface area contributed by atoms with Gasteiger partial charge in [-0.25, -0.2) is 14.4 Å². The monoisotopic (exact) mass is 461 g/mol. The van der Waals surface area contributed by atoms with Crippen molar-refractivity contribution in [2.45, 2.75) is 86.0 Å². The maximum atomic E-state index is 13.0. The van der Waals surface area contributed by atoms with Crippen LogP contribution in [0.1, 0.15) is 73.6 Å². The van der Waals surface area contributed by atoms with Gasteiger partial charge in [-0.1, -0.05) is 11.8 Å². The predicted molar refractivity (Wildman–Crippen MR) is 125 cm³/mol. The number of nitrogens with one attached hydrogen (secondary N) is 1. The molecular formula is C24H35N3O6. The van der Waals surface area contributed by atoms with Crippen molar-refractivity contribution in [1.29, 1.82) is 0 Å². The van der Waals surface area contributed by atoms with Crippen LogP contribution < -0.4 is 10.2 Å². The van der Waals surface area contributed by atoms with Gasteiger partial charge in [0.15, 0.2) is 0 Å². The number of carbonyl (C=O) groups is 3. The molecule has 33 heavy (non-hydrogen) atoms. The second-order valence-corrected chi connectivity index (χ2v) is 10.3. The summed E-state index contributed by atoms with van der Waals surface area (Å²) in [4.78, 5) is 42.7. The molecule has 0 aliphatic heterocycles. The molecule has 3 amide bonds. The Morgan fingerprint density at radius 2 is 1.39 bits per heavy atom. The van der Waals surface area contributed by atoms with Crippen molar-refractivity contribution >= 4 is 24.0 Å². The van der Waals surface area contributed by atoms with E-state index in [1.807, 2.05) is 0 Å². The lowest BCUT2D eigenvalue weighted by Crippen LogP contribution is -2.44. The van der Waals surface area contributed by atoms with Crippen molar-refractivity contribution in [1.82, 2.24) is 10.3 Å². The number of rotatable bonds is 2. The molecule has 9 nitrogen and oxygen atoms in total. The zero-order valence-electron chi connectivity index (χ0n) is 21.2. The van der Waals surface area contributed by atoms with Crippen LogP contribution in [0.2, 0.25) is 0 Å². The molecule has 0 saturated carbocycles. The van der Waals surface area contributed by atoms with Crippen LogP contribution in [0.4, 0.5) is 20.1 Å². The van der Waals surface area contributed by atoms with Gasteiger partial charge < -0.3 is 19.5 Å². The Hall–Kier alpha value is -3.28. The standard InChI is InChI=1S/C24H35N3O6/c1-16-14-18(17(15-26-16)12-11-13-25-19(28)31-22(2,3)4)27(20(29)32-23(5,6)7)21(30)33-24(8,9)10/h14-15H,13H2,1-10H3,(H,25,28). The van der Waals surface area contributed by atoms with Gasteiger partial charge in [-0.2, -0.15) is 4.90 Å². The maximum Gasteiger partial charge on any atom is 0.424 e. The highest BCUT2D eigenvalue weighted by Crippen LogP contribution is 2.25. The largest absolute Gasteiger partial charge is 0.444 e. The Labute approximate surface area is 196 Å². The molecule has 0 radical (unpaired) electrons. The molecule has 0 fully saturated rings. The number of aryl methyl sites for hydroxylation is 1. The van der Waals surface area contributed by atoms with Gasteiger partial charge in [-0.05, 0) is 75.3 Å². The molecule has 1 heterocycles. The first kappa shape index (κ1) is 27.8. The van der Waals surface area contributed by atoms with E-state index in [1.54, 1.807) is 75.3 Å². The van der Waals surface area contributed by atoms with Gasteiger partial charge in [-0.15, -0.1) is 0 Å². The van der Waals surface area contributed by atoms with Crippen LogP contribution in [-0.2, 0) is 14.2 Å². The van der Waals surface area contributed by atoms with Crippen LogP contribution in [0.25, 0.3) is 0 Å². The highest BCUT2D eigenvalue weighted by Gasteiger charge is 2.34. The average Bonchev–Trinajstić information content (AvgIpc) is 2.55. The zero-order valence-corrected chi connectivity index (χ0v) is 21.2. The first-order valence-electron chi connectivity index (χ1n) is 10.6. The van der Waals surface area contributed by atoms with E-state index in [4.69, 9.17) is 14.2 Å². The fourth-order valence-electron chi connectivity index (χ4n) is 2.28. The summed E-state index contributed by atoms with van der Waals surface area (Å²) in [5.74, 6) is 5.61. The van der Waals surface area contributed by atoms with Gasteiger partial charge in [0.05, 0.1) is 17.8 Å². The van der Waals surface area contributed by atoms with Crippen molar-refractivity contribution in [2.75, 3.05) is 11.4 Å². The number of pyridine rings is 1. The Kier molecular flexibility index (Phi) is 8.88. The highest BCUT2D eigenvalue weighted by atomic mass is 16.6. The molecule has 0 atom stereocenters. The molecule has 0 saturated heterocycles.